The number of nitrogens with zero attached hydrogens (tertiary/aromatic N) is 2. The van der Waals surface area contributed by atoms with Crippen LogP contribution in [-0.2, 0) is 6.42 Å². The van der Waals surface area contributed by atoms with E-state index in [9.17, 15) is 10.2 Å². The number of aliphatic hydroxyl groups is 2. The largest absolute Gasteiger partial charge is 0.491 e. The Morgan fingerprint density at radius 3 is 2.41 bits per heavy atom. The predicted molar refractivity (Wildman–Crippen MR) is 137 cm³/mol. The van der Waals surface area contributed by atoms with Gasteiger partial charge < -0.3 is 25.0 Å². The van der Waals surface area contributed by atoms with Crippen LogP contribution in [0.25, 0.3) is 5.65 Å². The minimum absolute atomic E-state index is 0. The van der Waals surface area contributed by atoms with Gasteiger partial charge in [-0.2, -0.15) is 0 Å². The van der Waals surface area contributed by atoms with E-state index < -0.39 is 6.10 Å². The van der Waals surface area contributed by atoms with Crippen LogP contribution in [0, 0.1) is 0 Å². The number of hydrogen-bond donors (Lipinski definition) is 3. The first kappa shape index (κ1) is 27.4. The van der Waals surface area contributed by atoms with E-state index in [0.717, 1.165) is 22.7 Å². The molecule has 1 unspecified atom stereocenters. The second-order valence-electron chi connectivity index (χ2n) is 7.54. The molecule has 4 rings (SSSR count). The van der Waals surface area contributed by atoms with Gasteiger partial charge in [-0.15, -0.1) is 24.8 Å². The Hall–Kier alpha value is -2.81. The normalized spacial score (nSPS) is 12.3. The molecule has 2 aromatic carbocycles. The minimum Gasteiger partial charge on any atom is -0.491 e. The van der Waals surface area contributed by atoms with Crippen molar-refractivity contribution in [3.8, 4) is 17.4 Å². The number of para-hydroxylation sites is 1. The Morgan fingerprint density at radius 2 is 1.68 bits per heavy atom. The maximum absolute atomic E-state index is 10.2. The average molecular weight is 506 g/mol. The summed E-state index contributed by atoms with van der Waals surface area (Å²) >= 11 is 0. The van der Waals surface area contributed by atoms with Crippen LogP contribution in [0.5, 0.6) is 17.4 Å². The van der Waals surface area contributed by atoms with Crippen LogP contribution >= 0.6 is 24.8 Å². The van der Waals surface area contributed by atoms with Gasteiger partial charge in [0.25, 0.3) is 0 Å². The SMILES string of the molecule is Cl.Cl.OC[C@H](Cc1ccc(Oc2cccc3nccn23)cc1)NCC(O)COc1ccccc1. The molecule has 0 bridgehead atoms. The van der Waals surface area contributed by atoms with Crippen molar-refractivity contribution >= 4 is 30.5 Å². The Bertz CT molecular complexity index is 1110. The van der Waals surface area contributed by atoms with Gasteiger partial charge in [-0.1, -0.05) is 36.4 Å². The molecule has 2 aromatic heterocycles. The molecular weight excluding hydrogens is 477 g/mol. The van der Waals surface area contributed by atoms with E-state index >= 15 is 0 Å². The van der Waals surface area contributed by atoms with Gasteiger partial charge >= 0.3 is 0 Å². The van der Waals surface area contributed by atoms with Crippen LogP contribution in [0.3, 0.4) is 0 Å². The first-order chi connectivity index (χ1) is 15.7. The molecule has 0 amide bonds. The average Bonchev–Trinajstić information content (AvgIpc) is 3.32. The molecule has 2 atom stereocenters. The fourth-order valence-electron chi connectivity index (χ4n) is 3.38. The molecule has 2 heterocycles. The monoisotopic (exact) mass is 505 g/mol. The van der Waals surface area contributed by atoms with E-state index in [-0.39, 0.29) is 44.1 Å². The van der Waals surface area contributed by atoms with Crippen molar-refractivity contribution in [2.24, 2.45) is 0 Å². The van der Waals surface area contributed by atoms with Crippen LogP contribution in [-0.4, -0.2) is 51.5 Å². The van der Waals surface area contributed by atoms with Crippen molar-refractivity contribution in [2.75, 3.05) is 19.8 Å². The smallest absolute Gasteiger partial charge is 0.205 e. The van der Waals surface area contributed by atoms with E-state index in [1.165, 1.54) is 0 Å². The topological polar surface area (TPSA) is 88.3 Å². The van der Waals surface area contributed by atoms with Crippen LogP contribution < -0.4 is 14.8 Å². The number of fused-ring (bicyclic) bond motifs is 1. The quantitative estimate of drug-likeness (QED) is 0.286. The number of imidazole rings is 1. The van der Waals surface area contributed by atoms with Crippen molar-refractivity contribution in [2.45, 2.75) is 18.6 Å². The molecule has 182 valence electrons. The lowest BCUT2D eigenvalue weighted by atomic mass is 10.1. The molecular formula is C25H29Cl2N3O4. The van der Waals surface area contributed by atoms with E-state index in [2.05, 4.69) is 10.3 Å². The third kappa shape index (κ3) is 7.62. The molecule has 0 saturated heterocycles. The number of halogens is 2. The van der Waals surface area contributed by atoms with E-state index in [1.54, 1.807) is 6.20 Å². The van der Waals surface area contributed by atoms with Gasteiger partial charge in [-0.05, 0) is 48.4 Å². The standard InChI is InChI=1S/C25H27N3O4.2ClH/c29-17-20(27-16-21(30)18-31-22-5-2-1-3-6-22)15-19-9-11-23(12-10-19)32-25-8-4-7-24-26-13-14-28(24)25;;/h1-14,20-21,27,29-30H,15-18H2;2*1H/t20-,21?;;/m0../s1. The summed E-state index contributed by atoms with van der Waals surface area (Å²) in [6.07, 6.45) is 3.54. The van der Waals surface area contributed by atoms with Crippen molar-refractivity contribution in [1.82, 2.24) is 14.7 Å². The second kappa shape index (κ2) is 13.8. The second-order valence-corrected chi connectivity index (χ2v) is 7.54. The van der Waals surface area contributed by atoms with E-state index in [0.29, 0.717) is 18.8 Å². The number of hydrogen-bond acceptors (Lipinski definition) is 6. The van der Waals surface area contributed by atoms with Crippen molar-refractivity contribution in [3.63, 3.8) is 0 Å². The highest BCUT2D eigenvalue weighted by Gasteiger charge is 2.12. The Labute approximate surface area is 211 Å². The number of aliphatic hydroxyl groups excluding tert-OH is 2. The summed E-state index contributed by atoms with van der Waals surface area (Å²) in [5.74, 6) is 2.13. The lowest BCUT2D eigenvalue weighted by Crippen LogP contribution is -2.41. The summed E-state index contributed by atoms with van der Waals surface area (Å²) in [6.45, 7) is 0.478. The molecule has 0 aliphatic rings. The van der Waals surface area contributed by atoms with Crippen molar-refractivity contribution < 1.29 is 19.7 Å². The summed E-state index contributed by atoms with van der Waals surface area (Å²) in [4.78, 5) is 4.26. The molecule has 9 heteroatoms. The minimum atomic E-state index is -0.675. The number of rotatable bonds is 11. The fraction of sp³-hybridized carbons (Fsp3) is 0.240. The lowest BCUT2D eigenvalue weighted by Gasteiger charge is -2.19. The van der Waals surface area contributed by atoms with Crippen LogP contribution in [0.15, 0.2) is 85.2 Å². The summed E-state index contributed by atoms with van der Waals surface area (Å²) in [7, 11) is 0. The zero-order chi connectivity index (χ0) is 22.2. The molecule has 0 aliphatic carbocycles. The molecule has 34 heavy (non-hydrogen) atoms. The van der Waals surface area contributed by atoms with Crippen LogP contribution in [0.1, 0.15) is 5.56 Å². The number of ether oxygens (including phenoxy) is 2. The molecule has 4 aromatic rings. The van der Waals surface area contributed by atoms with Gasteiger partial charge in [0.1, 0.15) is 29.9 Å². The van der Waals surface area contributed by atoms with Crippen molar-refractivity contribution in [3.05, 3.63) is 90.8 Å². The third-order valence-corrected chi connectivity index (χ3v) is 5.07. The molecule has 0 spiro atoms. The van der Waals surface area contributed by atoms with Gasteiger partial charge in [0.05, 0.1) is 6.61 Å². The molecule has 0 fully saturated rings. The Kier molecular flexibility index (Phi) is 11.1. The van der Waals surface area contributed by atoms with Crippen molar-refractivity contribution in [1.29, 1.82) is 0 Å². The lowest BCUT2D eigenvalue weighted by molar-refractivity contribution is 0.0997. The molecule has 0 aliphatic heterocycles. The maximum atomic E-state index is 10.2. The van der Waals surface area contributed by atoms with E-state index in [4.69, 9.17) is 9.47 Å². The van der Waals surface area contributed by atoms with Crippen LogP contribution in [0.4, 0.5) is 0 Å². The summed E-state index contributed by atoms with van der Waals surface area (Å²) in [6, 6.07) is 22.7. The number of aromatic nitrogens is 2. The molecule has 7 nitrogen and oxygen atoms in total. The van der Waals surface area contributed by atoms with Gasteiger partial charge in [0, 0.05) is 25.0 Å². The molecule has 0 radical (unpaired) electrons. The first-order valence-corrected chi connectivity index (χ1v) is 10.6. The number of pyridine rings is 1. The zero-order valence-corrected chi connectivity index (χ0v) is 20.1. The highest BCUT2D eigenvalue weighted by Crippen LogP contribution is 2.23. The van der Waals surface area contributed by atoms with Gasteiger partial charge in [-0.25, -0.2) is 4.98 Å². The molecule has 0 saturated carbocycles. The number of nitrogens with one attached hydrogen (secondary N) is 1. The third-order valence-electron chi connectivity index (χ3n) is 5.07. The highest BCUT2D eigenvalue weighted by atomic mass is 35.5. The summed E-state index contributed by atoms with van der Waals surface area (Å²) in [5.41, 5.74) is 1.88. The van der Waals surface area contributed by atoms with Crippen LogP contribution in [0.2, 0.25) is 0 Å². The zero-order valence-electron chi connectivity index (χ0n) is 18.5. The van der Waals surface area contributed by atoms with Gasteiger partial charge in [0.15, 0.2) is 0 Å². The fourth-order valence-corrected chi connectivity index (χ4v) is 3.38. The Balaban J connectivity index is 0.00000204. The summed E-state index contributed by atoms with van der Waals surface area (Å²) in [5, 5.41) is 23.1. The maximum Gasteiger partial charge on any atom is 0.205 e. The van der Waals surface area contributed by atoms with E-state index in [1.807, 2.05) is 83.4 Å². The molecule has 3 N–H and O–H groups in total. The Morgan fingerprint density at radius 1 is 0.912 bits per heavy atom. The summed E-state index contributed by atoms with van der Waals surface area (Å²) < 4.78 is 13.4. The predicted octanol–water partition coefficient (Wildman–Crippen LogP) is 3.90. The number of benzene rings is 2. The van der Waals surface area contributed by atoms with Gasteiger partial charge in [-0.3, -0.25) is 4.40 Å². The first-order valence-electron chi connectivity index (χ1n) is 10.6. The van der Waals surface area contributed by atoms with Gasteiger partial charge in [0.2, 0.25) is 5.88 Å². The highest BCUT2D eigenvalue weighted by molar-refractivity contribution is 5.85.